The number of halogens is 1. The van der Waals surface area contributed by atoms with E-state index in [9.17, 15) is 14.3 Å². The maximum Gasteiger partial charge on any atom is 0.404 e. The Morgan fingerprint density at radius 2 is 2.14 bits per heavy atom. The van der Waals surface area contributed by atoms with Gasteiger partial charge in [-0.15, -0.1) is 0 Å². The van der Waals surface area contributed by atoms with Crippen molar-refractivity contribution >= 4 is 17.0 Å². The van der Waals surface area contributed by atoms with Crippen LogP contribution in [-0.2, 0) is 6.54 Å². The predicted molar refractivity (Wildman–Crippen MR) is 99.6 cm³/mol. The molecule has 1 aliphatic carbocycles. The molecule has 0 saturated heterocycles. The number of carboxylic acid groups (broad SMARTS) is 1. The number of alkyl halides is 1. The third kappa shape index (κ3) is 2.69. The van der Waals surface area contributed by atoms with Crippen LogP contribution in [0, 0.1) is 0 Å². The van der Waals surface area contributed by atoms with Gasteiger partial charge in [0.05, 0.1) is 23.1 Å². The second-order valence-electron chi connectivity index (χ2n) is 7.48. The van der Waals surface area contributed by atoms with Crippen molar-refractivity contribution in [1.29, 1.82) is 0 Å². The van der Waals surface area contributed by atoms with Crippen molar-refractivity contribution in [2.75, 3.05) is 0 Å². The molecule has 2 aromatic carbocycles. The molecule has 5 rings (SSSR count). The van der Waals surface area contributed by atoms with Gasteiger partial charge in [0, 0.05) is 18.4 Å². The summed E-state index contributed by atoms with van der Waals surface area (Å²) in [5.41, 5.74) is 2.51. The Morgan fingerprint density at radius 3 is 2.86 bits per heavy atom. The summed E-state index contributed by atoms with van der Waals surface area (Å²) in [5, 5.41) is 9.28. The topological polar surface area (TPSA) is 73.6 Å². The lowest BCUT2D eigenvalue weighted by molar-refractivity contribution is -0.173. The summed E-state index contributed by atoms with van der Waals surface area (Å²) in [7, 11) is 0. The number of imidazole rings is 1. The minimum Gasteiger partial charge on any atom is -0.478 e. The van der Waals surface area contributed by atoms with Gasteiger partial charge in [0.15, 0.2) is 11.5 Å². The third-order valence-corrected chi connectivity index (χ3v) is 5.46. The van der Waals surface area contributed by atoms with Crippen molar-refractivity contribution in [2.45, 2.75) is 44.7 Å². The maximum absolute atomic E-state index is 14.2. The highest BCUT2D eigenvalue weighted by molar-refractivity contribution is 5.92. The fourth-order valence-corrected chi connectivity index (χ4v) is 3.88. The van der Waals surface area contributed by atoms with Crippen LogP contribution in [0.5, 0.6) is 11.5 Å². The van der Waals surface area contributed by atoms with E-state index in [1.165, 1.54) is 6.92 Å². The second-order valence-corrected chi connectivity index (χ2v) is 7.48. The summed E-state index contributed by atoms with van der Waals surface area (Å²) in [6.45, 7) is 1.67. The van der Waals surface area contributed by atoms with Crippen molar-refractivity contribution in [3.05, 3.63) is 53.3 Å². The molecule has 0 bridgehead atoms. The maximum atomic E-state index is 14.2. The number of hydrogen-bond acceptors (Lipinski definition) is 4. The van der Waals surface area contributed by atoms with E-state index in [0.717, 1.165) is 36.2 Å². The molecule has 1 N–H and O–H groups in total. The van der Waals surface area contributed by atoms with Crippen LogP contribution in [0.3, 0.4) is 0 Å². The van der Waals surface area contributed by atoms with Crippen molar-refractivity contribution in [3.8, 4) is 11.5 Å². The molecule has 28 heavy (non-hydrogen) atoms. The van der Waals surface area contributed by atoms with E-state index in [1.54, 1.807) is 24.3 Å². The summed E-state index contributed by atoms with van der Waals surface area (Å²) in [6.07, 6.45) is 3.28. The van der Waals surface area contributed by atoms with Crippen molar-refractivity contribution in [2.24, 2.45) is 0 Å². The molecule has 6 nitrogen and oxygen atoms in total. The van der Waals surface area contributed by atoms with Gasteiger partial charge in [0.2, 0.25) is 0 Å². The molecule has 3 aromatic rings. The highest BCUT2D eigenvalue weighted by Gasteiger charge is 2.38. The molecule has 7 heteroatoms. The SMILES string of the molecule is C[C@]1(F)Oc2cccc(Cn3c(C4CCC4)nc4cc(C(=O)O)ccc43)c2O1. The highest BCUT2D eigenvalue weighted by Crippen LogP contribution is 2.44. The number of carboxylic acids is 1. The number of hydrogen-bond donors (Lipinski definition) is 1. The van der Waals surface area contributed by atoms with E-state index in [4.69, 9.17) is 14.5 Å². The zero-order chi connectivity index (χ0) is 19.5. The van der Waals surface area contributed by atoms with Crippen LogP contribution in [0.1, 0.15) is 53.8 Å². The number of nitrogens with zero attached hydrogens (tertiary/aromatic N) is 2. The van der Waals surface area contributed by atoms with E-state index in [2.05, 4.69) is 4.57 Å². The first-order chi connectivity index (χ1) is 13.4. The van der Waals surface area contributed by atoms with Gasteiger partial charge in [-0.3, -0.25) is 0 Å². The number of fused-ring (bicyclic) bond motifs is 2. The Bertz CT molecular complexity index is 1100. The summed E-state index contributed by atoms with van der Waals surface area (Å²) >= 11 is 0. The molecule has 144 valence electrons. The first-order valence-corrected chi connectivity index (χ1v) is 9.33. The van der Waals surface area contributed by atoms with Gasteiger partial charge < -0.3 is 19.1 Å². The summed E-state index contributed by atoms with van der Waals surface area (Å²) in [4.78, 5) is 16.1. The molecular formula is C21H19FN2O4. The van der Waals surface area contributed by atoms with E-state index >= 15 is 0 Å². The Morgan fingerprint density at radius 1 is 1.32 bits per heavy atom. The summed E-state index contributed by atoms with van der Waals surface area (Å²) in [5.74, 6) is 1.08. The highest BCUT2D eigenvalue weighted by atomic mass is 19.2. The molecule has 2 aliphatic rings. The Hall–Kier alpha value is -3.09. The standard InChI is InChI=1S/C21H19FN2O4/c1-21(22)27-17-7-3-6-14(18(17)28-21)11-24-16-9-8-13(20(25)26)10-15(16)23-19(24)12-4-2-5-12/h3,6-10,12H,2,4-5,11H2,1H3,(H,25,26)/t21-/m0/s1. The molecule has 1 saturated carbocycles. The van der Waals surface area contributed by atoms with E-state index in [-0.39, 0.29) is 5.56 Å². The van der Waals surface area contributed by atoms with Crippen LogP contribution in [0.15, 0.2) is 36.4 Å². The molecule has 0 radical (unpaired) electrons. The largest absolute Gasteiger partial charge is 0.478 e. The Labute approximate surface area is 160 Å². The van der Waals surface area contributed by atoms with Crippen molar-refractivity contribution in [1.82, 2.24) is 9.55 Å². The van der Waals surface area contributed by atoms with Crippen molar-refractivity contribution in [3.63, 3.8) is 0 Å². The lowest BCUT2D eigenvalue weighted by atomic mass is 9.85. The van der Waals surface area contributed by atoms with Gasteiger partial charge in [-0.05, 0) is 37.1 Å². The number of aromatic nitrogens is 2. The van der Waals surface area contributed by atoms with Gasteiger partial charge in [0.25, 0.3) is 0 Å². The normalized spacial score (nSPS) is 21.1. The van der Waals surface area contributed by atoms with Gasteiger partial charge in [-0.25, -0.2) is 9.78 Å². The summed E-state index contributed by atoms with van der Waals surface area (Å²) in [6, 6.07) is 8.16. The van der Waals surface area contributed by atoms with E-state index in [1.807, 2.05) is 12.1 Å². The quantitative estimate of drug-likeness (QED) is 0.721. The van der Waals surface area contributed by atoms with Gasteiger partial charge in [-0.1, -0.05) is 18.6 Å². The average molecular weight is 382 g/mol. The van der Waals surface area contributed by atoms with Gasteiger partial charge in [0.1, 0.15) is 5.82 Å². The first-order valence-electron chi connectivity index (χ1n) is 9.33. The lowest BCUT2D eigenvalue weighted by Crippen LogP contribution is -2.28. The monoisotopic (exact) mass is 382 g/mol. The average Bonchev–Trinajstić information content (AvgIpc) is 3.09. The number of ether oxygens (including phenoxy) is 2. The number of aromatic carboxylic acids is 1. The number of benzene rings is 2. The third-order valence-electron chi connectivity index (χ3n) is 5.46. The van der Waals surface area contributed by atoms with Gasteiger partial charge >= 0.3 is 12.0 Å². The van der Waals surface area contributed by atoms with Crippen LogP contribution >= 0.6 is 0 Å². The number of carbonyl (C=O) groups is 1. The zero-order valence-corrected chi connectivity index (χ0v) is 15.3. The Kier molecular flexibility index (Phi) is 3.62. The molecule has 2 heterocycles. The molecule has 1 fully saturated rings. The van der Waals surface area contributed by atoms with Crippen LogP contribution in [0.25, 0.3) is 11.0 Å². The Balaban J connectivity index is 1.61. The molecular weight excluding hydrogens is 363 g/mol. The minimum absolute atomic E-state index is 0.211. The molecule has 1 atom stereocenters. The van der Waals surface area contributed by atoms with E-state index in [0.29, 0.717) is 29.5 Å². The smallest absolute Gasteiger partial charge is 0.404 e. The fraction of sp³-hybridized carbons (Fsp3) is 0.333. The fourth-order valence-electron chi connectivity index (χ4n) is 3.88. The molecule has 1 aromatic heterocycles. The predicted octanol–water partition coefficient (Wildman–Crippen LogP) is 4.46. The van der Waals surface area contributed by atoms with Crippen LogP contribution < -0.4 is 9.47 Å². The van der Waals surface area contributed by atoms with Gasteiger partial charge in [-0.2, -0.15) is 4.39 Å². The number of para-hydroxylation sites is 1. The summed E-state index contributed by atoms with van der Waals surface area (Å²) < 4.78 is 26.9. The van der Waals surface area contributed by atoms with Crippen LogP contribution in [0.2, 0.25) is 0 Å². The van der Waals surface area contributed by atoms with Crippen LogP contribution in [0.4, 0.5) is 4.39 Å². The lowest BCUT2D eigenvalue weighted by Gasteiger charge is -2.26. The van der Waals surface area contributed by atoms with E-state index < -0.39 is 12.0 Å². The molecule has 1 aliphatic heterocycles. The molecule has 0 unspecified atom stereocenters. The van der Waals surface area contributed by atoms with Crippen molar-refractivity contribution < 1.29 is 23.8 Å². The number of rotatable bonds is 4. The zero-order valence-electron chi connectivity index (χ0n) is 15.3. The minimum atomic E-state index is -2.18. The first kappa shape index (κ1) is 17.0. The molecule has 0 spiro atoms. The van der Waals surface area contributed by atoms with Crippen LogP contribution in [-0.4, -0.2) is 26.7 Å². The second kappa shape index (κ2) is 5.95. The molecule has 0 amide bonds.